The van der Waals surface area contributed by atoms with Gasteiger partial charge in [-0.25, -0.2) is 9.59 Å². The number of halogens is 6. The second-order valence-corrected chi connectivity index (χ2v) is 10.1. The summed E-state index contributed by atoms with van der Waals surface area (Å²) in [6.45, 7) is 0. The van der Waals surface area contributed by atoms with Crippen LogP contribution in [-0.2, 0) is 39.7 Å². The summed E-state index contributed by atoms with van der Waals surface area (Å²) in [6, 6.07) is 11.5. The first-order chi connectivity index (χ1) is 19.2. The van der Waals surface area contributed by atoms with Crippen molar-refractivity contribution in [2.24, 2.45) is 0 Å². The zero-order valence-electron chi connectivity index (χ0n) is 22.4. The van der Waals surface area contributed by atoms with Gasteiger partial charge in [-0.3, -0.25) is 4.90 Å². The average Bonchev–Trinajstić information content (AvgIpc) is 3.06. The molecule has 13 heteroatoms. The van der Waals surface area contributed by atoms with E-state index in [9.17, 15) is 35.9 Å². The highest BCUT2D eigenvalue weighted by molar-refractivity contribution is 5.83. The van der Waals surface area contributed by atoms with Gasteiger partial charge in [-0.2, -0.15) is 26.3 Å². The number of benzene rings is 2. The first kappa shape index (κ1) is 30.8. The molecule has 2 aromatic carbocycles. The quantitative estimate of drug-likeness (QED) is 0.321. The molecule has 2 fully saturated rings. The Morgan fingerprint density at radius 1 is 0.707 bits per heavy atom. The molecule has 0 spiro atoms. The second kappa shape index (κ2) is 11.3. The minimum absolute atomic E-state index is 0.0760. The molecule has 7 nitrogen and oxygen atoms in total. The van der Waals surface area contributed by atoms with Gasteiger partial charge in [0.25, 0.3) is 11.2 Å². The van der Waals surface area contributed by atoms with E-state index < -0.39 is 70.9 Å². The fourth-order valence-electron chi connectivity index (χ4n) is 5.83. The molecule has 4 rings (SSSR count). The number of nitrogens with zero attached hydrogens (tertiary/aromatic N) is 1. The van der Waals surface area contributed by atoms with Gasteiger partial charge in [0.05, 0.1) is 6.04 Å². The largest absolute Gasteiger partial charge is 0.460 e. The predicted octanol–water partition coefficient (Wildman–Crippen LogP) is 4.88. The van der Waals surface area contributed by atoms with Crippen molar-refractivity contribution >= 4 is 11.9 Å². The molecular weight excluding hydrogens is 560 g/mol. The van der Waals surface area contributed by atoms with Crippen molar-refractivity contribution in [2.75, 3.05) is 21.3 Å². The third kappa shape index (κ3) is 5.19. The van der Waals surface area contributed by atoms with Crippen molar-refractivity contribution in [1.29, 1.82) is 0 Å². The van der Waals surface area contributed by atoms with E-state index in [1.54, 1.807) is 11.9 Å². The molecule has 2 saturated heterocycles. The minimum Gasteiger partial charge on any atom is -0.460 e. The molecule has 2 bridgehead atoms. The van der Waals surface area contributed by atoms with Gasteiger partial charge in [0, 0.05) is 50.7 Å². The zero-order valence-corrected chi connectivity index (χ0v) is 22.4. The molecule has 0 saturated carbocycles. The summed E-state index contributed by atoms with van der Waals surface area (Å²) in [5, 5.41) is 0. The van der Waals surface area contributed by atoms with Crippen LogP contribution in [0, 0.1) is 0 Å². The fourth-order valence-corrected chi connectivity index (χ4v) is 5.83. The van der Waals surface area contributed by atoms with Crippen molar-refractivity contribution < 1.29 is 54.9 Å². The van der Waals surface area contributed by atoms with Gasteiger partial charge >= 0.3 is 24.3 Å². The number of esters is 2. The van der Waals surface area contributed by atoms with Gasteiger partial charge in [0.15, 0.2) is 0 Å². The van der Waals surface area contributed by atoms with E-state index in [2.05, 4.69) is 0 Å². The van der Waals surface area contributed by atoms with Crippen LogP contribution in [0.2, 0.25) is 0 Å². The Balaban J connectivity index is 1.56. The van der Waals surface area contributed by atoms with Gasteiger partial charge in [-0.1, -0.05) is 60.7 Å². The number of rotatable bonds is 8. The highest BCUT2D eigenvalue weighted by Crippen LogP contribution is 2.47. The number of likely N-dealkylation sites (N-methyl/N-ethyl adjacent to an activating group) is 1. The van der Waals surface area contributed by atoms with Gasteiger partial charge in [0.2, 0.25) is 0 Å². The molecule has 0 aliphatic carbocycles. The summed E-state index contributed by atoms with van der Waals surface area (Å²) in [5.41, 5.74) is -7.71. The van der Waals surface area contributed by atoms with Crippen LogP contribution < -0.4 is 0 Å². The van der Waals surface area contributed by atoms with Crippen molar-refractivity contribution in [1.82, 2.24) is 4.90 Å². The van der Waals surface area contributed by atoms with E-state index >= 15 is 0 Å². The standard InChI is InChI=1S/C28H29F6NO6/c1-35-19-14-20(40-23(36)25(38-2,27(29,30)31)17-10-6-4-7-11-17)16-21(35)22(15-19)41-24(37)26(39-3,28(32,33)34)18-12-8-5-9-13-18/h4-13,19-22H,14-16H2,1-3H3/t19-,20-,21+,22+,25+,26+/m0/s1. The lowest BCUT2D eigenvalue weighted by atomic mass is 9.92. The highest BCUT2D eigenvalue weighted by Gasteiger charge is 2.66. The van der Waals surface area contributed by atoms with E-state index in [0.717, 1.165) is 38.5 Å². The summed E-state index contributed by atoms with van der Waals surface area (Å²) < 4.78 is 106. The normalized spacial score (nSPS) is 26.1. The van der Waals surface area contributed by atoms with Crippen LogP contribution in [0.25, 0.3) is 0 Å². The second-order valence-electron chi connectivity index (χ2n) is 10.1. The Kier molecular flexibility index (Phi) is 8.45. The fraction of sp³-hybridized carbons (Fsp3) is 0.500. The zero-order chi connectivity index (χ0) is 30.2. The van der Waals surface area contributed by atoms with E-state index in [4.69, 9.17) is 18.9 Å². The maximum absolute atomic E-state index is 14.3. The lowest BCUT2D eigenvalue weighted by Gasteiger charge is -2.39. The molecule has 0 radical (unpaired) electrons. The molecule has 2 aliphatic rings. The number of fused-ring (bicyclic) bond motifs is 2. The Labute approximate surface area is 232 Å². The lowest BCUT2D eigenvalue weighted by Crippen LogP contribution is -2.54. The topological polar surface area (TPSA) is 74.3 Å². The predicted molar refractivity (Wildman–Crippen MR) is 131 cm³/mol. The number of hydrogen-bond acceptors (Lipinski definition) is 7. The van der Waals surface area contributed by atoms with Crippen molar-refractivity contribution in [2.45, 2.75) is 67.1 Å². The lowest BCUT2D eigenvalue weighted by molar-refractivity contribution is -0.280. The number of ether oxygens (including phenoxy) is 4. The summed E-state index contributed by atoms with van der Waals surface area (Å²) in [4.78, 5) is 28.1. The van der Waals surface area contributed by atoms with Crippen LogP contribution in [-0.4, -0.2) is 74.7 Å². The van der Waals surface area contributed by atoms with Crippen LogP contribution >= 0.6 is 0 Å². The number of carbonyl (C=O) groups excluding carboxylic acids is 2. The Morgan fingerprint density at radius 3 is 1.56 bits per heavy atom. The maximum atomic E-state index is 14.3. The Bertz CT molecular complexity index is 1220. The third-order valence-electron chi connectivity index (χ3n) is 7.95. The third-order valence-corrected chi connectivity index (χ3v) is 7.95. The van der Waals surface area contributed by atoms with E-state index in [1.165, 1.54) is 36.4 Å². The molecule has 2 aromatic rings. The van der Waals surface area contributed by atoms with Crippen LogP contribution in [0.1, 0.15) is 30.4 Å². The van der Waals surface area contributed by atoms with Crippen LogP contribution in [0.3, 0.4) is 0 Å². The molecule has 2 aliphatic heterocycles. The molecule has 0 unspecified atom stereocenters. The summed E-state index contributed by atoms with van der Waals surface area (Å²) in [7, 11) is 3.17. The molecule has 0 N–H and O–H groups in total. The van der Waals surface area contributed by atoms with Gasteiger partial charge in [0.1, 0.15) is 12.2 Å². The minimum atomic E-state index is -5.17. The Hall–Kier alpha value is -3.16. The molecule has 224 valence electrons. The summed E-state index contributed by atoms with van der Waals surface area (Å²) in [6.07, 6.45) is -12.4. The molecule has 41 heavy (non-hydrogen) atoms. The molecule has 0 amide bonds. The smallest absolute Gasteiger partial charge is 0.432 e. The first-order valence-electron chi connectivity index (χ1n) is 12.7. The summed E-state index contributed by atoms with van der Waals surface area (Å²) in [5.74, 6) is -3.33. The molecule has 0 aromatic heterocycles. The van der Waals surface area contributed by atoms with Gasteiger partial charge in [-0.05, 0) is 7.05 Å². The number of alkyl halides is 6. The van der Waals surface area contributed by atoms with Crippen molar-refractivity contribution in [3.05, 3.63) is 71.8 Å². The highest BCUT2D eigenvalue weighted by atomic mass is 19.4. The Morgan fingerprint density at radius 2 is 1.15 bits per heavy atom. The maximum Gasteiger partial charge on any atom is 0.432 e. The van der Waals surface area contributed by atoms with Gasteiger partial charge in [-0.15, -0.1) is 0 Å². The van der Waals surface area contributed by atoms with Crippen LogP contribution in [0.5, 0.6) is 0 Å². The van der Waals surface area contributed by atoms with Crippen molar-refractivity contribution in [3.63, 3.8) is 0 Å². The number of hydrogen-bond donors (Lipinski definition) is 0. The summed E-state index contributed by atoms with van der Waals surface area (Å²) >= 11 is 0. The average molecular weight is 590 g/mol. The van der Waals surface area contributed by atoms with E-state index in [1.807, 2.05) is 0 Å². The molecule has 2 heterocycles. The van der Waals surface area contributed by atoms with E-state index in [-0.39, 0.29) is 19.3 Å². The van der Waals surface area contributed by atoms with Crippen LogP contribution in [0.4, 0.5) is 26.3 Å². The SMILES string of the molecule is CO[C@@](C(=O)O[C@H]1C[C@H]2C[C@@H](OC(=O)[C@](OC)(c3ccccc3)C(F)(F)F)[C@@H](C1)N2C)(c1ccccc1)C(F)(F)F. The van der Waals surface area contributed by atoms with Gasteiger partial charge < -0.3 is 18.9 Å². The number of carbonyl (C=O) groups is 2. The number of methoxy groups -OCH3 is 2. The molecular formula is C28H29F6NO6. The van der Waals surface area contributed by atoms with Crippen LogP contribution in [0.15, 0.2) is 60.7 Å². The van der Waals surface area contributed by atoms with E-state index in [0.29, 0.717) is 0 Å². The monoisotopic (exact) mass is 589 g/mol. The number of piperidine rings is 1. The first-order valence-corrected chi connectivity index (χ1v) is 12.7. The molecule has 6 atom stereocenters. The van der Waals surface area contributed by atoms with Crippen molar-refractivity contribution in [3.8, 4) is 0 Å².